The van der Waals surface area contributed by atoms with Crippen LogP contribution in [-0.4, -0.2) is 16.3 Å². The molecule has 1 unspecified atom stereocenters. The Morgan fingerprint density at radius 3 is 2.21 bits per heavy atom. The van der Waals surface area contributed by atoms with Gasteiger partial charge in [0.2, 0.25) is 0 Å². The van der Waals surface area contributed by atoms with Crippen molar-refractivity contribution in [3.63, 3.8) is 0 Å². The second-order valence-corrected chi connectivity index (χ2v) is 9.38. The van der Waals surface area contributed by atoms with Crippen LogP contribution in [0.25, 0.3) is 6.08 Å². The van der Waals surface area contributed by atoms with Crippen molar-refractivity contribution in [1.29, 1.82) is 0 Å². The third-order valence-electron chi connectivity index (χ3n) is 6.39. The quantitative estimate of drug-likeness (QED) is 0.463. The number of nitrogens with one attached hydrogen (secondary N) is 1. The number of carbonyl (C=O) groups is 1. The predicted molar refractivity (Wildman–Crippen MR) is 116 cm³/mol. The summed E-state index contributed by atoms with van der Waals surface area (Å²) in [4.78, 5) is 11.0. The molecule has 0 saturated heterocycles. The first-order valence-electron chi connectivity index (χ1n) is 10.1. The van der Waals surface area contributed by atoms with Crippen molar-refractivity contribution in [2.45, 2.75) is 64.3 Å². The monoisotopic (exact) mass is 393 g/mol. The van der Waals surface area contributed by atoms with Gasteiger partial charge in [0.15, 0.2) is 0 Å². The van der Waals surface area contributed by atoms with Crippen LogP contribution in [0.4, 0.5) is 0 Å². The summed E-state index contributed by atoms with van der Waals surface area (Å²) in [5.41, 5.74) is 9.09. The van der Waals surface area contributed by atoms with Crippen LogP contribution < -0.4 is 5.48 Å². The van der Waals surface area contributed by atoms with Gasteiger partial charge in [-0.3, -0.25) is 0 Å². The lowest BCUT2D eigenvalue weighted by Crippen LogP contribution is -2.34. The van der Waals surface area contributed by atoms with Gasteiger partial charge in [0.05, 0.1) is 6.04 Å². The maximum atomic E-state index is 11.0. The molecule has 1 aliphatic carbocycles. The standard InChI is InChI=1S/C25H31NO3/c1-16-14-20-21(25(4,5)13-12-24(20,2)3)15-19(16)23(26-29)18-9-7-6-8-17(18)10-11-22(27)28/h6-11,14-15,23,26,29H,12-13H2,1-5H3,(H,27,28). The molecular weight excluding hydrogens is 362 g/mol. The van der Waals surface area contributed by atoms with Crippen LogP contribution in [0.15, 0.2) is 42.5 Å². The van der Waals surface area contributed by atoms with Crippen LogP contribution in [-0.2, 0) is 15.6 Å². The Bertz CT molecular complexity index is 957. The number of carboxylic acids is 1. The predicted octanol–water partition coefficient (Wildman–Crippen LogP) is 5.51. The summed E-state index contributed by atoms with van der Waals surface area (Å²) in [6.07, 6.45) is 4.96. The van der Waals surface area contributed by atoms with Gasteiger partial charge in [0.1, 0.15) is 0 Å². The Kier molecular flexibility index (Phi) is 5.70. The minimum Gasteiger partial charge on any atom is -0.478 e. The van der Waals surface area contributed by atoms with Crippen LogP contribution in [0.3, 0.4) is 0 Å². The minimum absolute atomic E-state index is 0.0655. The van der Waals surface area contributed by atoms with Crippen molar-refractivity contribution in [1.82, 2.24) is 5.48 Å². The summed E-state index contributed by atoms with van der Waals surface area (Å²) in [5, 5.41) is 19.1. The molecule has 0 aromatic heterocycles. The lowest BCUT2D eigenvalue weighted by atomic mass is 9.62. The van der Waals surface area contributed by atoms with Crippen molar-refractivity contribution >= 4 is 12.0 Å². The fourth-order valence-electron chi connectivity index (χ4n) is 4.44. The lowest BCUT2D eigenvalue weighted by Gasteiger charge is -2.42. The fraction of sp³-hybridized carbons (Fsp3) is 0.400. The van der Waals surface area contributed by atoms with Gasteiger partial charge >= 0.3 is 5.97 Å². The van der Waals surface area contributed by atoms with Crippen molar-refractivity contribution in [3.8, 4) is 0 Å². The van der Waals surface area contributed by atoms with E-state index in [9.17, 15) is 10.0 Å². The maximum absolute atomic E-state index is 11.0. The molecule has 0 aliphatic heterocycles. The maximum Gasteiger partial charge on any atom is 0.328 e. The van der Waals surface area contributed by atoms with Crippen molar-refractivity contribution in [2.75, 3.05) is 0 Å². The van der Waals surface area contributed by atoms with Crippen molar-refractivity contribution in [3.05, 3.63) is 75.9 Å². The molecule has 3 N–H and O–H groups in total. The van der Waals surface area contributed by atoms with E-state index in [0.29, 0.717) is 0 Å². The van der Waals surface area contributed by atoms with E-state index < -0.39 is 12.0 Å². The number of carboxylic acid groups (broad SMARTS) is 1. The van der Waals surface area contributed by atoms with Gasteiger partial charge in [-0.15, -0.1) is 0 Å². The number of hydrogen-bond donors (Lipinski definition) is 3. The molecule has 2 aromatic carbocycles. The molecule has 29 heavy (non-hydrogen) atoms. The molecule has 0 amide bonds. The number of aryl methyl sites for hydroxylation is 1. The van der Waals surface area contributed by atoms with E-state index in [4.69, 9.17) is 5.11 Å². The number of hydrogen-bond acceptors (Lipinski definition) is 3. The largest absolute Gasteiger partial charge is 0.478 e. The lowest BCUT2D eigenvalue weighted by molar-refractivity contribution is -0.131. The molecule has 0 fully saturated rings. The number of hydroxylamine groups is 1. The Hall–Kier alpha value is -2.43. The van der Waals surface area contributed by atoms with Gasteiger partial charge in [-0.05, 0) is 70.1 Å². The molecule has 0 heterocycles. The molecular formula is C25H31NO3. The Morgan fingerprint density at radius 1 is 1.03 bits per heavy atom. The molecule has 3 rings (SSSR count). The van der Waals surface area contributed by atoms with E-state index in [2.05, 4.69) is 52.2 Å². The molecule has 1 atom stereocenters. The zero-order chi connectivity index (χ0) is 21.4. The zero-order valence-electron chi connectivity index (χ0n) is 17.9. The van der Waals surface area contributed by atoms with Crippen molar-refractivity contribution in [2.24, 2.45) is 0 Å². The Labute approximate surface area is 173 Å². The number of benzene rings is 2. The van der Waals surface area contributed by atoms with E-state index in [1.54, 1.807) is 6.08 Å². The molecule has 0 radical (unpaired) electrons. The molecule has 0 saturated carbocycles. The summed E-state index contributed by atoms with van der Waals surface area (Å²) in [5.74, 6) is -0.998. The van der Waals surface area contributed by atoms with E-state index in [1.165, 1.54) is 11.1 Å². The molecule has 0 spiro atoms. The first-order chi connectivity index (χ1) is 13.6. The molecule has 1 aliphatic rings. The van der Waals surface area contributed by atoms with Crippen LogP contribution in [0.2, 0.25) is 0 Å². The van der Waals surface area contributed by atoms with Gasteiger partial charge in [-0.25, -0.2) is 4.79 Å². The summed E-state index contributed by atoms with van der Waals surface area (Å²) in [6, 6.07) is 11.6. The molecule has 4 nitrogen and oxygen atoms in total. The van der Waals surface area contributed by atoms with E-state index >= 15 is 0 Å². The minimum atomic E-state index is -0.998. The van der Waals surface area contributed by atoms with Gasteiger partial charge in [0, 0.05) is 6.08 Å². The zero-order valence-corrected chi connectivity index (χ0v) is 17.9. The average molecular weight is 394 g/mol. The molecule has 4 heteroatoms. The molecule has 2 aromatic rings. The third-order valence-corrected chi connectivity index (χ3v) is 6.39. The van der Waals surface area contributed by atoms with Gasteiger partial charge in [0.25, 0.3) is 0 Å². The fourth-order valence-corrected chi connectivity index (χ4v) is 4.44. The van der Waals surface area contributed by atoms with Crippen LogP contribution in [0.1, 0.15) is 80.0 Å². The summed E-state index contributed by atoms with van der Waals surface area (Å²) >= 11 is 0. The normalized spacial score (nSPS) is 18.4. The highest BCUT2D eigenvalue weighted by molar-refractivity contribution is 5.85. The van der Waals surface area contributed by atoms with E-state index in [0.717, 1.165) is 41.2 Å². The molecule has 154 valence electrons. The smallest absolute Gasteiger partial charge is 0.328 e. The van der Waals surface area contributed by atoms with Crippen LogP contribution >= 0.6 is 0 Å². The number of rotatable bonds is 5. The van der Waals surface area contributed by atoms with Gasteiger partial charge in [-0.1, -0.05) is 64.1 Å². The summed E-state index contributed by atoms with van der Waals surface area (Å²) in [7, 11) is 0. The Balaban J connectivity index is 2.17. The third kappa shape index (κ3) is 4.14. The van der Waals surface area contributed by atoms with Gasteiger partial charge in [-0.2, -0.15) is 5.48 Å². The molecule has 0 bridgehead atoms. The second kappa shape index (κ2) is 7.77. The van der Waals surface area contributed by atoms with Crippen LogP contribution in [0.5, 0.6) is 0 Å². The number of aliphatic carboxylic acids is 1. The average Bonchev–Trinajstić information content (AvgIpc) is 2.66. The topological polar surface area (TPSA) is 69.6 Å². The second-order valence-electron chi connectivity index (χ2n) is 9.38. The highest BCUT2D eigenvalue weighted by atomic mass is 16.5. The van der Waals surface area contributed by atoms with Gasteiger partial charge < -0.3 is 10.3 Å². The summed E-state index contributed by atoms with van der Waals surface area (Å²) < 4.78 is 0. The highest BCUT2D eigenvalue weighted by Gasteiger charge is 2.38. The first-order valence-corrected chi connectivity index (χ1v) is 10.1. The first kappa shape index (κ1) is 21.3. The van der Waals surface area contributed by atoms with E-state index in [-0.39, 0.29) is 10.8 Å². The Morgan fingerprint density at radius 2 is 1.62 bits per heavy atom. The SMILES string of the molecule is Cc1cc2c(cc1C(NO)c1ccccc1C=CC(=O)O)C(C)(C)CCC2(C)C. The summed E-state index contributed by atoms with van der Waals surface area (Å²) in [6.45, 7) is 11.2. The van der Waals surface area contributed by atoms with Crippen molar-refractivity contribution < 1.29 is 15.1 Å². The number of fused-ring (bicyclic) bond motifs is 1. The highest BCUT2D eigenvalue weighted by Crippen LogP contribution is 2.47. The van der Waals surface area contributed by atoms with E-state index in [1.807, 2.05) is 24.3 Å². The van der Waals surface area contributed by atoms with Crippen LogP contribution in [0, 0.1) is 6.92 Å².